The van der Waals surface area contributed by atoms with E-state index in [0.717, 1.165) is 0 Å². The first-order valence-electron chi connectivity index (χ1n) is 4.35. The van der Waals surface area contributed by atoms with Gasteiger partial charge in [-0.25, -0.2) is 14.2 Å². The Labute approximate surface area is 85.5 Å². The molecule has 0 fully saturated rings. The van der Waals surface area contributed by atoms with Gasteiger partial charge in [0.15, 0.2) is 0 Å². The number of methoxy groups -OCH3 is 1. The van der Waals surface area contributed by atoms with Crippen LogP contribution in [0, 0.1) is 5.82 Å². The Morgan fingerprint density at radius 3 is 3.00 bits per heavy atom. The average Bonchev–Trinajstić information content (AvgIpc) is 2.28. The van der Waals surface area contributed by atoms with Gasteiger partial charge in [-0.3, -0.25) is 0 Å². The first-order chi connectivity index (χ1) is 7.22. The number of carbonyl (C=O) groups is 1. The first-order valence-corrected chi connectivity index (χ1v) is 4.35. The van der Waals surface area contributed by atoms with Gasteiger partial charge in [0.25, 0.3) is 0 Å². The second kappa shape index (κ2) is 3.65. The van der Waals surface area contributed by atoms with Gasteiger partial charge in [0.1, 0.15) is 11.5 Å². The highest BCUT2D eigenvalue weighted by molar-refractivity contribution is 5.93. The summed E-state index contributed by atoms with van der Waals surface area (Å²) < 4.78 is 17.8. The lowest BCUT2D eigenvalue weighted by Gasteiger charge is -2.01. The number of hydrogen-bond acceptors (Lipinski definition) is 3. The second-order valence-electron chi connectivity index (χ2n) is 3.02. The largest absolute Gasteiger partial charge is 0.464 e. The Morgan fingerprint density at radius 2 is 2.27 bits per heavy atom. The summed E-state index contributed by atoms with van der Waals surface area (Å²) >= 11 is 0. The Morgan fingerprint density at radius 1 is 1.47 bits per heavy atom. The molecule has 0 aliphatic carbocycles. The van der Waals surface area contributed by atoms with E-state index in [-0.39, 0.29) is 11.5 Å². The van der Waals surface area contributed by atoms with Crippen LogP contribution in [0.15, 0.2) is 30.5 Å². The van der Waals surface area contributed by atoms with Crippen molar-refractivity contribution in [3.8, 4) is 0 Å². The molecule has 1 heterocycles. The van der Waals surface area contributed by atoms with E-state index < -0.39 is 5.97 Å². The summed E-state index contributed by atoms with van der Waals surface area (Å²) in [4.78, 5) is 15.0. The lowest BCUT2D eigenvalue weighted by atomic mass is 10.1. The Hall–Kier alpha value is -1.97. The maximum absolute atomic E-state index is 13.2. The van der Waals surface area contributed by atoms with Crippen molar-refractivity contribution in [2.45, 2.75) is 0 Å². The van der Waals surface area contributed by atoms with Gasteiger partial charge in [0.05, 0.1) is 7.11 Å². The van der Waals surface area contributed by atoms with Crippen molar-refractivity contribution in [1.82, 2.24) is 4.98 Å². The summed E-state index contributed by atoms with van der Waals surface area (Å²) in [6.07, 6.45) is 1.33. The third-order valence-corrected chi connectivity index (χ3v) is 2.11. The van der Waals surface area contributed by atoms with Crippen LogP contribution in [0.4, 0.5) is 4.39 Å². The normalized spacial score (nSPS) is 10.3. The van der Waals surface area contributed by atoms with Crippen LogP contribution in [0.5, 0.6) is 0 Å². The fraction of sp³-hybridized carbons (Fsp3) is 0.0909. The summed E-state index contributed by atoms with van der Waals surface area (Å²) in [6, 6.07) is 6.15. The molecule has 1 aromatic heterocycles. The summed E-state index contributed by atoms with van der Waals surface area (Å²) in [5.74, 6) is -0.877. The number of fused-ring (bicyclic) bond motifs is 1. The van der Waals surface area contributed by atoms with Gasteiger partial charge in [-0.2, -0.15) is 0 Å². The zero-order valence-electron chi connectivity index (χ0n) is 8.03. The van der Waals surface area contributed by atoms with E-state index in [1.54, 1.807) is 12.1 Å². The molecule has 76 valence electrons. The third-order valence-electron chi connectivity index (χ3n) is 2.11. The lowest BCUT2D eigenvalue weighted by molar-refractivity contribution is 0.0594. The number of pyridine rings is 1. The summed E-state index contributed by atoms with van der Waals surface area (Å²) in [5, 5.41) is 1.02. The van der Waals surface area contributed by atoms with Crippen LogP contribution in [-0.4, -0.2) is 18.1 Å². The summed E-state index contributed by atoms with van der Waals surface area (Å²) in [7, 11) is 1.28. The summed E-state index contributed by atoms with van der Waals surface area (Å²) in [6.45, 7) is 0. The van der Waals surface area contributed by atoms with Gasteiger partial charge in [-0.1, -0.05) is 12.1 Å². The van der Waals surface area contributed by atoms with Gasteiger partial charge < -0.3 is 4.74 Å². The van der Waals surface area contributed by atoms with E-state index in [1.807, 2.05) is 0 Å². The maximum atomic E-state index is 13.2. The molecular weight excluding hydrogens is 197 g/mol. The van der Waals surface area contributed by atoms with Crippen LogP contribution in [0.1, 0.15) is 10.5 Å². The molecule has 2 rings (SSSR count). The molecule has 0 bridgehead atoms. The average molecular weight is 205 g/mol. The Kier molecular flexibility index (Phi) is 2.33. The SMILES string of the molecule is COC(=O)c1cc2cccc(F)c2cn1. The molecule has 15 heavy (non-hydrogen) atoms. The quantitative estimate of drug-likeness (QED) is 0.669. The molecule has 3 nitrogen and oxygen atoms in total. The lowest BCUT2D eigenvalue weighted by Crippen LogP contribution is -2.03. The number of hydrogen-bond donors (Lipinski definition) is 0. The van der Waals surface area contributed by atoms with Gasteiger partial charge in [-0.05, 0) is 17.5 Å². The molecule has 4 heteroatoms. The van der Waals surface area contributed by atoms with E-state index >= 15 is 0 Å². The number of halogens is 1. The number of aromatic nitrogens is 1. The van der Waals surface area contributed by atoms with Gasteiger partial charge >= 0.3 is 5.97 Å². The van der Waals surface area contributed by atoms with Crippen molar-refractivity contribution in [3.63, 3.8) is 0 Å². The molecule has 0 amide bonds. The zero-order valence-corrected chi connectivity index (χ0v) is 8.03. The van der Waals surface area contributed by atoms with Gasteiger partial charge in [0, 0.05) is 11.6 Å². The highest BCUT2D eigenvalue weighted by atomic mass is 19.1. The van der Waals surface area contributed by atoms with Crippen LogP contribution >= 0.6 is 0 Å². The van der Waals surface area contributed by atoms with E-state index in [1.165, 1.54) is 25.4 Å². The maximum Gasteiger partial charge on any atom is 0.356 e. The minimum Gasteiger partial charge on any atom is -0.464 e. The van der Waals surface area contributed by atoms with Crippen LogP contribution < -0.4 is 0 Å². The van der Waals surface area contributed by atoms with Crippen molar-refractivity contribution in [2.75, 3.05) is 7.11 Å². The van der Waals surface area contributed by atoms with E-state index in [4.69, 9.17) is 0 Å². The predicted molar refractivity (Wildman–Crippen MR) is 53.0 cm³/mol. The van der Waals surface area contributed by atoms with E-state index in [9.17, 15) is 9.18 Å². The fourth-order valence-electron chi connectivity index (χ4n) is 1.35. The molecule has 0 spiro atoms. The molecule has 0 aliphatic rings. The fourth-order valence-corrected chi connectivity index (χ4v) is 1.35. The number of ether oxygens (including phenoxy) is 1. The molecule has 2 aromatic rings. The van der Waals surface area contributed by atoms with E-state index in [2.05, 4.69) is 9.72 Å². The molecule has 0 saturated heterocycles. The minimum absolute atomic E-state index is 0.176. The van der Waals surface area contributed by atoms with Crippen LogP contribution in [0.2, 0.25) is 0 Å². The smallest absolute Gasteiger partial charge is 0.356 e. The number of benzene rings is 1. The van der Waals surface area contributed by atoms with Crippen LogP contribution in [0.3, 0.4) is 0 Å². The molecule has 1 aromatic carbocycles. The number of carbonyl (C=O) groups excluding carboxylic acids is 1. The Bertz CT molecular complexity index is 525. The molecular formula is C11H8FNO2. The highest BCUT2D eigenvalue weighted by Crippen LogP contribution is 2.17. The second-order valence-corrected chi connectivity index (χ2v) is 3.02. The number of nitrogens with zero attached hydrogens (tertiary/aromatic N) is 1. The monoisotopic (exact) mass is 205 g/mol. The zero-order chi connectivity index (χ0) is 10.8. The summed E-state index contributed by atoms with van der Waals surface area (Å²) in [5.41, 5.74) is 0.176. The van der Waals surface area contributed by atoms with Crippen molar-refractivity contribution >= 4 is 16.7 Å². The molecule has 0 radical (unpaired) electrons. The first kappa shape index (κ1) is 9.58. The van der Waals surface area contributed by atoms with Crippen LogP contribution in [0.25, 0.3) is 10.8 Å². The molecule has 0 aliphatic heterocycles. The Balaban J connectivity index is 2.62. The standard InChI is InChI=1S/C11H8FNO2/c1-15-11(14)10-5-7-3-2-4-9(12)8(7)6-13-10/h2-6H,1H3. The van der Waals surface area contributed by atoms with Crippen molar-refractivity contribution in [1.29, 1.82) is 0 Å². The van der Waals surface area contributed by atoms with Crippen molar-refractivity contribution in [3.05, 3.63) is 42.0 Å². The third kappa shape index (κ3) is 1.66. The molecule has 0 N–H and O–H groups in total. The topological polar surface area (TPSA) is 39.2 Å². The van der Waals surface area contributed by atoms with E-state index in [0.29, 0.717) is 10.8 Å². The number of rotatable bonds is 1. The van der Waals surface area contributed by atoms with Crippen LogP contribution in [-0.2, 0) is 4.74 Å². The highest BCUT2D eigenvalue weighted by Gasteiger charge is 2.08. The number of esters is 1. The predicted octanol–water partition coefficient (Wildman–Crippen LogP) is 2.16. The van der Waals surface area contributed by atoms with Gasteiger partial charge in [-0.15, -0.1) is 0 Å². The minimum atomic E-state index is -0.527. The van der Waals surface area contributed by atoms with Crippen molar-refractivity contribution in [2.24, 2.45) is 0 Å². The molecule has 0 saturated carbocycles. The molecule has 0 atom stereocenters. The van der Waals surface area contributed by atoms with Crippen molar-refractivity contribution < 1.29 is 13.9 Å². The molecule has 0 unspecified atom stereocenters. The van der Waals surface area contributed by atoms with Gasteiger partial charge in [0.2, 0.25) is 0 Å².